The molecule has 0 amide bonds. The first-order valence-corrected chi connectivity index (χ1v) is 12.9. The van der Waals surface area contributed by atoms with Crippen LogP contribution in [0.25, 0.3) is 0 Å². The van der Waals surface area contributed by atoms with E-state index in [0.717, 1.165) is 49.4 Å². The fourth-order valence-corrected chi connectivity index (χ4v) is 10.1. The molecule has 0 saturated heterocycles. The van der Waals surface area contributed by atoms with Crippen molar-refractivity contribution in [2.45, 2.75) is 89.4 Å². The van der Waals surface area contributed by atoms with Crippen LogP contribution in [0.3, 0.4) is 0 Å². The smallest absolute Gasteiger partial charge is 0.139 e. The van der Waals surface area contributed by atoms with Gasteiger partial charge in [0.1, 0.15) is 11.5 Å². The lowest BCUT2D eigenvalue weighted by molar-refractivity contribution is -0.129. The van der Waals surface area contributed by atoms with Crippen molar-refractivity contribution < 1.29 is 9.90 Å². The third-order valence-corrected chi connectivity index (χ3v) is 11.2. The highest BCUT2D eigenvalue weighted by Crippen LogP contribution is 2.63. The van der Waals surface area contributed by atoms with Crippen LogP contribution in [0.5, 0.6) is 5.75 Å². The maximum absolute atomic E-state index is 12.7. The summed E-state index contributed by atoms with van der Waals surface area (Å²) in [6.07, 6.45) is 13.6. The molecule has 160 valence electrons. The van der Waals surface area contributed by atoms with E-state index in [2.05, 4.69) is 19.1 Å². The Kier molecular flexibility index (Phi) is 3.74. The standard InChI is InChI=1S/C28H36O2/c1-28-7-6-20-21(24(28)4-5-26(28)30)3-2-17-13-25(29)23(14-22(17)20)27-18-9-15-8-16(11-18)12-19(27)10-15/h13-16,18-21,24,27,29H,2-12H2,1H3/t15?,16?,18?,19?,20-,21+,24-,27?,28-/m0/s1. The molecular formula is C28H36O2. The van der Waals surface area contributed by atoms with E-state index in [9.17, 15) is 9.90 Å². The highest BCUT2D eigenvalue weighted by molar-refractivity contribution is 5.87. The second kappa shape index (κ2) is 6.14. The van der Waals surface area contributed by atoms with Gasteiger partial charge in [0.05, 0.1) is 0 Å². The molecule has 7 aliphatic carbocycles. The number of ketones is 1. The molecule has 1 aromatic rings. The van der Waals surface area contributed by atoms with Gasteiger partial charge in [-0.05, 0) is 134 Å². The monoisotopic (exact) mass is 404 g/mol. The summed E-state index contributed by atoms with van der Waals surface area (Å²) >= 11 is 0. The zero-order valence-corrected chi connectivity index (χ0v) is 18.4. The average Bonchev–Trinajstić information content (AvgIpc) is 3.02. The van der Waals surface area contributed by atoms with Gasteiger partial charge in [-0.15, -0.1) is 0 Å². The van der Waals surface area contributed by atoms with Crippen LogP contribution in [0.1, 0.15) is 99.7 Å². The molecule has 0 radical (unpaired) electrons. The van der Waals surface area contributed by atoms with Crippen LogP contribution in [0.2, 0.25) is 0 Å². The molecule has 2 heteroatoms. The highest BCUT2D eigenvalue weighted by Gasteiger charge is 2.55. The quantitative estimate of drug-likeness (QED) is 0.591. The fraction of sp³-hybridized carbons (Fsp3) is 0.750. The van der Waals surface area contributed by atoms with Crippen molar-refractivity contribution in [2.24, 2.45) is 40.9 Å². The summed E-state index contributed by atoms with van der Waals surface area (Å²) in [6, 6.07) is 4.66. The Hall–Kier alpha value is -1.31. The summed E-state index contributed by atoms with van der Waals surface area (Å²) in [5.41, 5.74) is 4.24. The van der Waals surface area contributed by atoms with Gasteiger partial charge < -0.3 is 5.11 Å². The number of fused-ring (bicyclic) bond motifs is 5. The maximum atomic E-state index is 12.7. The minimum Gasteiger partial charge on any atom is -0.508 e. The van der Waals surface area contributed by atoms with Crippen molar-refractivity contribution in [1.82, 2.24) is 0 Å². The van der Waals surface area contributed by atoms with E-state index in [0.29, 0.717) is 35.2 Å². The minimum atomic E-state index is -0.0418. The van der Waals surface area contributed by atoms with Crippen LogP contribution >= 0.6 is 0 Å². The lowest BCUT2D eigenvalue weighted by Crippen LogP contribution is -2.44. The summed E-state index contributed by atoms with van der Waals surface area (Å²) in [5.74, 6) is 7.21. The van der Waals surface area contributed by atoms with Crippen molar-refractivity contribution in [3.63, 3.8) is 0 Å². The van der Waals surface area contributed by atoms with Gasteiger partial charge in [-0.2, -0.15) is 0 Å². The number of aromatic hydroxyl groups is 1. The normalized spacial score (nSPS) is 48.4. The Morgan fingerprint density at radius 3 is 2.37 bits per heavy atom. The number of rotatable bonds is 1. The molecule has 30 heavy (non-hydrogen) atoms. The van der Waals surface area contributed by atoms with Gasteiger partial charge in [-0.3, -0.25) is 4.79 Å². The molecule has 0 heterocycles. The number of hydrogen-bond acceptors (Lipinski definition) is 2. The summed E-state index contributed by atoms with van der Waals surface area (Å²) in [5, 5.41) is 11.1. The van der Waals surface area contributed by atoms with E-state index in [1.165, 1.54) is 56.1 Å². The first kappa shape index (κ1) is 18.3. The van der Waals surface area contributed by atoms with Crippen LogP contribution in [-0.4, -0.2) is 10.9 Å². The van der Waals surface area contributed by atoms with E-state index in [1.54, 1.807) is 5.56 Å². The molecule has 2 nitrogen and oxygen atoms in total. The lowest BCUT2D eigenvalue weighted by atomic mass is 9.50. The van der Waals surface area contributed by atoms with Gasteiger partial charge in [-0.25, -0.2) is 0 Å². The van der Waals surface area contributed by atoms with Crippen molar-refractivity contribution in [2.75, 3.05) is 0 Å². The number of phenols is 1. The zero-order valence-electron chi connectivity index (χ0n) is 18.4. The molecule has 4 atom stereocenters. The number of carbonyl (C=O) groups is 1. The third kappa shape index (κ3) is 2.34. The zero-order chi connectivity index (χ0) is 20.2. The number of benzene rings is 1. The molecule has 1 N–H and O–H groups in total. The molecular weight excluding hydrogens is 368 g/mol. The molecule has 8 rings (SSSR count). The van der Waals surface area contributed by atoms with Gasteiger partial charge in [0.15, 0.2) is 0 Å². The molecule has 7 aliphatic rings. The van der Waals surface area contributed by atoms with E-state index >= 15 is 0 Å². The van der Waals surface area contributed by atoms with E-state index in [4.69, 9.17) is 0 Å². The van der Waals surface area contributed by atoms with Crippen molar-refractivity contribution in [3.8, 4) is 5.75 Å². The molecule has 0 aromatic heterocycles. The van der Waals surface area contributed by atoms with Gasteiger partial charge in [0, 0.05) is 11.8 Å². The number of aryl methyl sites for hydroxylation is 1. The second-order valence-corrected chi connectivity index (χ2v) is 12.4. The molecule has 0 aliphatic heterocycles. The Balaban J connectivity index is 1.26. The van der Waals surface area contributed by atoms with Crippen molar-refractivity contribution >= 4 is 5.78 Å². The van der Waals surface area contributed by atoms with Crippen LogP contribution in [0.15, 0.2) is 12.1 Å². The SMILES string of the molecule is C[C@]12CC[C@@H]3c4cc(C5C6CC7CC(C6)CC5C7)c(O)cc4CC[C@H]3[C@@H]1CCC2=O. The lowest BCUT2D eigenvalue weighted by Gasteiger charge is -2.55. The van der Waals surface area contributed by atoms with Crippen molar-refractivity contribution in [3.05, 3.63) is 28.8 Å². The number of phenolic OH excluding ortho intramolecular Hbond substituents is 1. The predicted octanol–water partition coefficient (Wildman–Crippen LogP) is 6.36. The molecule has 0 unspecified atom stereocenters. The minimum absolute atomic E-state index is 0.0418. The van der Waals surface area contributed by atoms with Gasteiger partial charge >= 0.3 is 0 Å². The van der Waals surface area contributed by atoms with E-state index < -0.39 is 0 Å². The van der Waals surface area contributed by atoms with Crippen LogP contribution < -0.4 is 0 Å². The molecule has 4 bridgehead atoms. The van der Waals surface area contributed by atoms with Gasteiger partial charge in [-0.1, -0.05) is 13.0 Å². The van der Waals surface area contributed by atoms with E-state index in [-0.39, 0.29) is 5.41 Å². The third-order valence-electron chi connectivity index (χ3n) is 11.2. The topological polar surface area (TPSA) is 37.3 Å². The first-order chi connectivity index (χ1) is 14.5. The van der Waals surface area contributed by atoms with Crippen LogP contribution in [-0.2, 0) is 11.2 Å². The number of Topliss-reactive ketones (excluding diaryl/α,β-unsaturated/α-hetero) is 1. The molecule has 6 saturated carbocycles. The largest absolute Gasteiger partial charge is 0.508 e. The number of hydrogen-bond donors (Lipinski definition) is 1. The molecule has 1 aromatic carbocycles. The first-order valence-electron chi connectivity index (χ1n) is 12.9. The Bertz CT molecular complexity index is 887. The Labute approximate surface area is 180 Å². The average molecular weight is 405 g/mol. The fourth-order valence-electron chi connectivity index (χ4n) is 10.1. The van der Waals surface area contributed by atoms with Crippen molar-refractivity contribution in [1.29, 1.82) is 0 Å². The highest BCUT2D eigenvalue weighted by atomic mass is 16.3. The summed E-state index contributed by atoms with van der Waals surface area (Å²) in [6.45, 7) is 2.27. The Morgan fingerprint density at radius 1 is 0.900 bits per heavy atom. The second-order valence-electron chi connectivity index (χ2n) is 12.4. The Morgan fingerprint density at radius 2 is 1.63 bits per heavy atom. The van der Waals surface area contributed by atoms with Crippen LogP contribution in [0, 0.1) is 40.9 Å². The van der Waals surface area contributed by atoms with Gasteiger partial charge in [0.25, 0.3) is 0 Å². The summed E-state index contributed by atoms with van der Waals surface area (Å²) in [4.78, 5) is 12.7. The molecule has 0 spiro atoms. The summed E-state index contributed by atoms with van der Waals surface area (Å²) < 4.78 is 0. The summed E-state index contributed by atoms with van der Waals surface area (Å²) in [7, 11) is 0. The van der Waals surface area contributed by atoms with Crippen LogP contribution in [0.4, 0.5) is 0 Å². The maximum Gasteiger partial charge on any atom is 0.139 e. The molecule has 6 fully saturated rings. The van der Waals surface area contributed by atoms with Gasteiger partial charge in [0.2, 0.25) is 0 Å². The predicted molar refractivity (Wildman–Crippen MR) is 118 cm³/mol. The van der Waals surface area contributed by atoms with E-state index in [1.807, 2.05) is 0 Å². The number of carbonyl (C=O) groups excluding carboxylic acids is 1.